The van der Waals surface area contributed by atoms with Gasteiger partial charge in [0.15, 0.2) is 0 Å². The summed E-state index contributed by atoms with van der Waals surface area (Å²) in [6.45, 7) is 1.91. The molecule has 2 rings (SSSR count). The molecule has 7 heteroatoms. The second-order valence-corrected chi connectivity index (χ2v) is 9.93. The summed E-state index contributed by atoms with van der Waals surface area (Å²) in [5.41, 5.74) is 0.973. The van der Waals surface area contributed by atoms with E-state index in [1.54, 1.807) is 17.4 Å². The van der Waals surface area contributed by atoms with E-state index in [0.29, 0.717) is 10.3 Å². The van der Waals surface area contributed by atoms with E-state index in [1.165, 1.54) is 11.3 Å². The van der Waals surface area contributed by atoms with Gasteiger partial charge in [-0.1, -0.05) is 0 Å². The van der Waals surface area contributed by atoms with Crippen molar-refractivity contribution in [2.45, 2.75) is 48.9 Å². The van der Waals surface area contributed by atoms with Crippen LogP contribution in [0.5, 0.6) is 0 Å². The maximum Gasteiger partial charge on any atom is 0.252 e. The van der Waals surface area contributed by atoms with Crippen LogP contribution in [0.4, 0.5) is 0 Å². The van der Waals surface area contributed by atoms with Gasteiger partial charge in [-0.25, -0.2) is 8.42 Å². The molecule has 0 aliphatic heterocycles. The molecule has 1 saturated carbocycles. The summed E-state index contributed by atoms with van der Waals surface area (Å²) in [6, 6.07) is 2.39. The Balaban J connectivity index is 2.13. The molecule has 4 nitrogen and oxygen atoms in total. The van der Waals surface area contributed by atoms with E-state index in [-0.39, 0.29) is 6.04 Å². The highest BCUT2D eigenvalue weighted by molar-refractivity contribution is 9.11. The molecule has 0 atom stereocenters. The van der Waals surface area contributed by atoms with Crippen molar-refractivity contribution < 1.29 is 8.42 Å². The number of aryl methyl sites for hydroxylation is 1. The van der Waals surface area contributed by atoms with Crippen molar-refractivity contribution in [3.05, 3.63) is 15.4 Å². The van der Waals surface area contributed by atoms with Crippen LogP contribution in [-0.4, -0.2) is 38.9 Å². The summed E-state index contributed by atoms with van der Waals surface area (Å²) < 4.78 is 28.2. The summed E-state index contributed by atoms with van der Waals surface area (Å²) in [4.78, 5) is 0. The lowest BCUT2D eigenvalue weighted by molar-refractivity contribution is 0.255. The Bertz CT molecular complexity index is 543. The summed E-state index contributed by atoms with van der Waals surface area (Å²) in [5.74, 6) is 0. The van der Waals surface area contributed by atoms with Crippen molar-refractivity contribution in [3.63, 3.8) is 0 Å². The lowest BCUT2D eigenvalue weighted by Crippen LogP contribution is -2.42. The molecule has 1 N–H and O–H groups in total. The van der Waals surface area contributed by atoms with Gasteiger partial charge in [-0.05, 0) is 67.2 Å². The number of sulfonamides is 1. The third kappa shape index (κ3) is 3.27. The maximum absolute atomic E-state index is 12.6. The molecule has 0 radical (unpaired) electrons. The molecule has 1 aliphatic rings. The number of halogens is 1. The molecule has 0 saturated heterocycles. The van der Waals surface area contributed by atoms with Crippen molar-refractivity contribution in [3.8, 4) is 0 Å². The lowest BCUT2D eigenvalue weighted by Gasteiger charge is -2.33. The SMILES string of the molecule is CNC1CCC(N(C)S(=O)(=O)c2cc(C)c(Br)s2)CC1. The highest BCUT2D eigenvalue weighted by atomic mass is 79.9. The number of hydrogen-bond donors (Lipinski definition) is 1. The summed E-state index contributed by atoms with van der Waals surface area (Å²) in [7, 11) is 0.318. The van der Waals surface area contributed by atoms with Crippen LogP contribution in [0.1, 0.15) is 31.2 Å². The zero-order valence-corrected chi connectivity index (χ0v) is 15.2. The molecule has 1 aromatic rings. The average Bonchev–Trinajstić information content (AvgIpc) is 2.78. The Morgan fingerprint density at radius 2 is 1.95 bits per heavy atom. The molecule has 0 unspecified atom stereocenters. The minimum Gasteiger partial charge on any atom is -0.317 e. The largest absolute Gasteiger partial charge is 0.317 e. The van der Waals surface area contributed by atoms with Gasteiger partial charge in [-0.2, -0.15) is 4.31 Å². The van der Waals surface area contributed by atoms with Crippen molar-refractivity contribution in [2.75, 3.05) is 14.1 Å². The van der Waals surface area contributed by atoms with Crippen LogP contribution in [0.2, 0.25) is 0 Å². The Morgan fingerprint density at radius 1 is 1.35 bits per heavy atom. The quantitative estimate of drug-likeness (QED) is 0.873. The molecule has 1 aromatic heterocycles. The average molecular weight is 381 g/mol. The molecule has 1 heterocycles. The first-order valence-corrected chi connectivity index (χ1v) is 9.82. The van der Waals surface area contributed by atoms with E-state index < -0.39 is 10.0 Å². The second-order valence-electron chi connectivity index (χ2n) is 5.34. The fraction of sp³-hybridized carbons (Fsp3) is 0.692. The molecule has 1 fully saturated rings. The minimum absolute atomic E-state index is 0.116. The fourth-order valence-corrected chi connectivity index (χ4v) is 6.45. The van der Waals surface area contributed by atoms with Crippen LogP contribution in [0.25, 0.3) is 0 Å². The normalized spacial score (nSPS) is 24.2. The van der Waals surface area contributed by atoms with Crippen LogP contribution in [0.3, 0.4) is 0 Å². The first-order chi connectivity index (χ1) is 9.36. The van der Waals surface area contributed by atoms with Crippen LogP contribution < -0.4 is 5.32 Å². The summed E-state index contributed by atoms with van der Waals surface area (Å²) in [5, 5.41) is 3.27. The molecule has 0 spiro atoms. The Labute approximate surface area is 133 Å². The fourth-order valence-electron chi connectivity index (χ4n) is 2.63. The van der Waals surface area contributed by atoms with Crippen molar-refractivity contribution in [1.29, 1.82) is 0 Å². The number of thiophene rings is 1. The van der Waals surface area contributed by atoms with E-state index >= 15 is 0 Å². The molecule has 1 aliphatic carbocycles. The van der Waals surface area contributed by atoms with Gasteiger partial charge in [0.05, 0.1) is 3.79 Å². The Hall–Kier alpha value is 0.0500. The molecule has 0 aromatic carbocycles. The summed E-state index contributed by atoms with van der Waals surface area (Å²) >= 11 is 4.69. The monoisotopic (exact) mass is 380 g/mol. The third-order valence-corrected chi connectivity index (χ3v) is 8.58. The summed E-state index contributed by atoms with van der Waals surface area (Å²) in [6.07, 6.45) is 3.92. The number of nitrogens with one attached hydrogen (secondary N) is 1. The van der Waals surface area contributed by atoms with Gasteiger partial charge in [0.1, 0.15) is 4.21 Å². The van der Waals surface area contributed by atoms with E-state index in [2.05, 4.69) is 21.2 Å². The first-order valence-electron chi connectivity index (χ1n) is 6.77. The zero-order valence-electron chi connectivity index (χ0n) is 12.0. The van der Waals surface area contributed by atoms with E-state index in [1.807, 2.05) is 14.0 Å². The lowest BCUT2D eigenvalue weighted by atomic mass is 9.91. The topological polar surface area (TPSA) is 49.4 Å². The van der Waals surface area contributed by atoms with Crippen LogP contribution in [0, 0.1) is 6.92 Å². The highest BCUT2D eigenvalue weighted by Gasteiger charge is 2.32. The van der Waals surface area contributed by atoms with Gasteiger partial charge in [-0.15, -0.1) is 11.3 Å². The van der Waals surface area contributed by atoms with Gasteiger partial charge in [0.2, 0.25) is 0 Å². The molecule has 0 amide bonds. The Kier molecular flexibility index (Phi) is 5.29. The highest BCUT2D eigenvalue weighted by Crippen LogP contribution is 2.34. The zero-order chi connectivity index (χ0) is 14.9. The smallest absolute Gasteiger partial charge is 0.252 e. The van der Waals surface area contributed by atoms with Gasteiger partial charge < -0.3 is 5.32 Å². The third-order valence-electron chi connectivity index (χ3n) is 4.09. The van der Waals surface area contributed by atoms with Gasteiger partial charge in [0.25, 0.3) is 10.0 Å². The van der Waals surface area contributed by atoms with Crippen molar-refractivity contribution in [1.82, 2.24) is 9.62 Å². The number of hydrogen-bond acceptors (Lipinski definition) is 4. The predicted octanol–water partition coefficient (Wildman–Crippen LogP) is 2.97. The minimum atomic E-state index is -3.36. The maximum atomic E-state index is 12.6. The van der Waals surface area contributed by atoms with E-state index in [9.17, 15) is 8.42 Å². The van der Waals surface area contributed by atoms with Crippen LogP contribution in [0.15, 0.2) is 14.1 Å². The number of nitrogens with zero attached hydrogens (tertiary/aromatic N) is 1. The molecule has 0 bridgehead atoms. The van der Waals surface area contributed by atoms with Gasteiger partial charge >= 0.3 is 0 Å². The Morgan fingerprint density at radius 3 is 2.40 bits per heavy atom. The van der Waals surface area contributed by atoms with Crippen molar-refractivity contribution in [2.24, 2.45) is 0 Å². The number of rotatable bonds is 4. The molecule has 114 valence electrons. The van der Waals surface area contributed by atoms with Gasteiger partial charge in [0, 0.05) is 19.1 Å². The van der Waals surface area contributed by atoms with E-state index in [4.69, 9.17) is 0 Å². The van der Waals surface area contributed by atoms with Crippen LogP contribution >= 0.6 is 27.3 Å². The predicted molar refractivity (Wildman–Crippen MR) is 86.8 cm³/mol. The first kappa shape index (κ1) is 16.4. The molecular formula is C13H21BrN2O2S2. The van der Waals surface area contributed by atoms with E-state index in [0.717, 1.165) is 35.0 Å². The van der Waals surface area contributed by atoms with Crippen LogP contribution in [-0.2, 0) is 10.0 Å². The molecular weight excluding hydrogens is 360 g/mol. The second kappa shape index (κ2) is 6.44. The standard InChI is InChI=1S/C13H21BrN2O2S2/c1-9-8-12(19-13(9)14)20(17,18)16(3)11-6-4-10(15-2)5-7-11/h8,10-11,15H,4-7H2,1-3H3. The van der Waals surface area contributed by atoms with Crippen molar-refractivity contribution >= 4 is 37.3 Å². The molecule has 20 heavy (non-hydrogen) atoms. The van der Waals surface area contributed by atoms with Gasteiger partial charge in [-0.3, -0.25) is 0 Å².